The summed E-state index contributed by atoms with van der Waals surface area (Å²) in [5.41, 5.74) is 1.94. The molecule has 0 aliphatic carbocycles. The van der Waals surface area contributed by atoms with Gasteiger partial charge in [-0.25, -0.2) is 0 Å². The summed E-state index contributed by atoms with van der Waals surface area (Å²) in [5.74, 6) is 4.35. The Morgan fingerprint density at radius 3 is 3.00 bits per heavy atom. The molecular weight excluding hydrogens is 248 g/mol. The van der Waals surface area contributed by atoms with E-state index in [1.165, 1.54) is 0 Å². The van der Waals surface area contributed by atoms with Crippen molar-refractivity contribution in [1.29, 1.82) is 0 Å². The number of rotatable bonds is 7. The summed E-state index contributed by atoms with van der Waals surface area (Å²) in [6, 6.07) is 0. The standard InChI is InChI=1S/C13H18N2O2S/c1-3-5-18-6-4-14-8-12-11(9-16)7-15-10(2)13(12)17/h1,7,14,16-17H,4-6,8-9H2,2H3. The summed E-state index contributed by atoms with van der Waals surface area (Å²) in [7, 11) is 0. The first-order valence-corrected chi connectivity index (χ1v) is 6.85. The van der Waals surface area contributed by atoms with E-state index in [0.717, 1.165) is 12.3 Å². The fourth-order valence-electron chi connectivity index (χ4n) is 1.51. The second kappa shape index (κ2) is 7.98. The quantitative estimate of drug-likeness (QED) is 0.508. The van der Waals surface area contributed by atoms with E-state index in [1.54, 1.807) is 24.9 Å². The van der Waals surface area contributed by atoms with E-state index >= 15 is 0 Å². The second-order valence-electron chi connectivity index (χ2n) is 3.79. The zero-order valence-electron chi connectivity index (χ0n) is 10.4. The number of thioether (sulfide) groups is 1. The summed E-state index contributed by atoms with van der Waals surface area (Å²) >= 11 is 1.68. The van der Waals surface area contributed by atoms with Crippen molar-refractivity contribution in [1.82, 2.24) is 10.3 Å². The highest BCUT2D eigenvalue weighted by Crippen LogP contribution is 2.23. The average molecular weight is 266 g/mol. The second-order valence-corrected chi connectivity index (χ2v) is 4.89. The van der Waals surface area contributed by atoms with Crippen LogP contribution in [0.1, 0.15) is 16.8 Å². The minimum atomic E-state index is -0.121. The van der Waals surface area contributed by atoms with Crippen LogP contribution in [0, 0.1) is 19.3 Å². The molecule has 1 rings (SSSR count). The molecule has 0 spiro atoms. The Morgan fingerprint density at radius 1 is 1.56 bits per heavy atom. The third-order valence-electron chi connectivity index (χ3n) is 2.51. The summed E-state index contributed by atoms with van der Waals surface area (Å²) in [5, 5.41) is 22.3. The number of aliphatic hydroxyl groups is 1. The monoisotopic (exact) mass is 266 g/mol. The molecule has 0 saturated heterocycles. The molecule has 3 N–H and O–H groups in total. The van der Waals surface area contributed by atoms with Crippen LogP contribution in [0.4, 0.5) is 0 Å². The number of aromatic hydroxyl groups is 1. The number of hydrogen-bond acceptors (Lipinski definition) is 5. The molecule has 1 heterocycles. The van der Waals surface area contributed by atoms with Crippen molar-refractivity contribution < 1.29 is 10.2 Å². The summed E-state index contributed by atoms with van der Waals surface area (Å²) < 4.78 is 0. The Hall–Kier alpha value is -1.22. The number of aryl methyl sites for hydroxylation is 1. The smallest absolute Gasteiger partial charge is 0.141 e. The molecule has 18 heavy (non-hydrogen) atoms. The number of aromatic nitrogens is 1. The predicted molar refractivity (Wildman–Crippen MR) is 74.4 cm³/mol. The Balaban J connectivity index is 2.51. The van der Waals surface area contributed by atoms with Gasteiger partial charge in [0.2, 0.25) is 0 Å². The molecule has 1 aromatic rings. The van der Waals surface area contributed by atoms with Gasteiger partial charge in [0.05, 0.1) is 18.1 Å². The molecule has 0 bridgehead atoms. The zero-order chi connectivity index (χ0) is 13.4. The maximum Gasteiger partial charge on any atom is 0.141 e. The van der Waals surface area contributed by atoms with E-state index in [9.17, 15) is 10.2 Å². The fraction of sp³-hybridized carbons (Fsp3) is 0.462. The van der Waals surface area contributed by atoms with Crippen LogP contribution in [0.25, 0.3) is 0 Å². The van der Waals surface area contributed by atoms with Crippen molar-refractivity contribution in [3.8, 4) is 18.1 Å². The molecule has 4 nitrogen and oxygen atoms in total. The molecule has 0 saturated carbocycles. The summed E-state index contributed by atoms with van der Waals surface area (Å²) in [6.45, 7) is 2.94. The molecule has 0 fully saturated rings. The Bertz CT molecular complexity index is 430. The van der Waals surface area contributed by atoms with Gasteiger partial charge in [-0.2, -0.15) is 0 Å². The van der Waals surface area contributed by atoms with Crippen molar-refractivity contribution in [3.05, 3.63) is 23.0 Å². The van der Waals surface area contributed by atoms with E-state index < -0.39 is 0 Å². The van der Waals surface area contributed by atoms with E-state index in [-0.39, 0.29) is 12.4 Å². The maximum atomic E-state index is 9.90. The maximum absolute atomic E-state index is 9.90. The summed E-state index contributed by atoms with van der Waals surface area (Å²) in [4.78, 5) is 4.01. The predicted octanol–water partition coefficient (Wildman–Crippen LogP) is 1.04. The van der Waals surface area contributed by atoms with Gasteiger partial charge in [0.15, 0.2) is 0 Å². The highest BCUT2D eigenvalue weighted by Gasteiger charge is 2.10. The number of nitrogens with one attached hydrogen (secondary N) is 1. The van der Waals surface area contributed by atoms with Crippen LogP contribution in [0.2, 0.25) is 0 Å². The van der Waals surface area contributed by atoms with Gasteiger partial charge in [0.25, 0.3) is 0 Å². The molecule has 98 valence electrons. The van der Waals surface area contributed by atoms with Gasteiger partial charge in [0, 0.05) is 36.2 Å². The SMILES string of the molecule is C#CCSCCNCc1c(CO)cnc(C)c1O. The van der Waals surface area contributed by atoms with E-state index in [1.807, 2.05) is 0 Å². The Kier molecular flexibility index (Phi) is 6.58. The van der Waals surface area contributed by atoms with Gasteiger partial charge in [-0.15, -0.1) is 18.2 Å². The highest BCUT2D eigenvalue weighted by atomic mass is 32.2. The van der Waals surface area contributed by atoms with Gasteiger partial charge in [-0.1, -0.05) is 5.92 Å². The minimum Gasteiger partial charge on any atom is -0.506 e. The molecule has 5 heteroatoms. The first kappa shape index (κ1) is 14.8. The van der Waals surface area contributed by atoms with Crippen LogP contribution >= 0.6 is 11.8 Å². The first-order valence-electron chi connectivity index (χ1n) is 5.69. The van der Waals surface area contributed by atoms with Gasteiger partial charge in [-0.3, -0.25) is 4.98 Å². The van der Waals surface area contributed by atoms with Crippen LogP contribution in [-0.2, 0) is 13.2 Å². The van der Waals surface area contributed by atoms with E-state index in [0.29, 0.717) is 29.1 Å². The Morgan fingerprint density at radius 2 is 2.33 bits per heavy atom. The molecule has 0 aromatic carbocycles. The zero-order valence-corrected chi connectivity index (χ0v) is 11.3. The number of nitrogens with zero attached hydrogens (tertiary/aromatic N) is 1. The average Bonchev–Trinajstić information content (AvgIpc) is 2.38. The van der Waals surface area contributed by atoms with Crippen LogP contribution < -0.4 is 5.32 Å². The molecular formula is C13H18N2O2S. The van der Waals surface area contributed by atoms with Crippen molar-refractivity contribution in [2.24, 2.45) is 0 Å². The highest BCUT2D eigenvalue weighted by molar-refractivity contribution is 7.99. The van der Waals surface area contributed by atoms with Crippen molar-refractivity contribution in [2.45, 2.75) is 20.1 Å². The van der Waals surface area contributed by atoms with E-state index in [2.05, 4.69) is 16.2 Å². The van der Waals surface area contributed by atoms with Crippen molar-refractivity contribution >= 4 is 11.8 Å². The lowest BCUT2D eigenvalue weighted by Gasteiger charge is -2.12. The molecule has 0 unspecified atom stereocenters. The molecule has 0 radical (unpaired) electrons. The molecule has 1 aromatic heterocycles. The molecule has 0 aliphatic rings. The van der Waals surface area contributed by atoms with E-state index in [4.69, 9.17) is 6.42 Å². The lowest BCUT2D eigenvalue weighted by molar-refractivity contribution is 0.278. The number of hydrogen-bond donors (Lipinski definition) is 3. The van der Waals surface area contributed by atoms with Gasteiger partial charge in [0.1, 0.15) is 5.75 Å². The fourth-order valence-corrected chi connectivity index (χ4v) is 2.06. The Labute approximate surface area is 112 Å². The molecule has 0 atom stereocenters. The molecule has 0 amide bonds. The third kappa shape index (κ3) is 4.22. The van der Waals surface area contributed by atoms with Crippen LogP contribution in [0.5, 0.6) is 5.75 Å². The molecule has 0 aliphatic heterocycles. The van der Waals surface area contributed by atoms with Crippen LogP contribution in [0.15, 0.2) is 6.20 Å². The van der Waals surface area contributed by atoms with Crippen molar-refractivity contribution in [3.63, 3.8) is 0 Å². The minimum absolute atomic E-state index is 0.121. The largest absolute Gasteiger partial charge is 0.506 e. The lowest BCUT2D eigenvalue weighted by atomic mass is 10.1. The lowest BCUT2D eigenvalue weighted by Crippen LogP contribution is -2.18. The third-order valence-corrected chi connectivity index (χ3v) is 3.37. The first-order chi connectivity index (χ1) is 8.70. The topological polar surface area (TPSA) is 65.4 Å². The number of aliphatic hydroxyl groups excluding tert-OH is 1. The van der Waals surface area contributed by atoms with Crippen molar-refractivity contribution in [2.75, 3.05) is 18.1 Å². The van der Waals surface area contributed by atoms with Crippen LogP contribution in [-0.4, -0.2) is 33.2 Å². The van der Waals surface area contributed by atoms with Gasteiger partial charge >= 0.3 is 0 Å². The van der Waals surface area contributed by atoms with Gasteiger partial charge in [-0.05, 0) is 6.92 Å². The summed E-state index contributed by atoms with van der Waals surface area (Å²) in [6.07, 6.45) is 6.75. The van der Waals surface area contributed by atoms with Crippen LogP contribution in [0.3, 0.4) is 0 Å². The number of pyridine rings is 1. The normalized spacial score (nSPS) is 10.3. The van der Waals surface area contributed by atoms with Gasteiger partial charge < -0.3 is 15.5 Å². The number of terminal acetylenes is 1.